The molecule has 0 saturated heterocycles. The topological polar surface area (TPSA) is 35.5 Å². The maximum absolute atomic E-state index is 10.5. The summed E-state index contributed by atoms with van der Waals surface area (Å²) < 4.78 is 9.91. The number of hydrogen-bond acceptors (Lipinski definition) is 3. The largest absolute Gasteiger partial charge is 0.463 e. The number of carbonyl (C=O) groups excluding carboxylic acids is 1. The van der Waals surface area contributed by atoms with Gasteiger partial charge in [0.25, 0.3) is 0 Å². The minimum atomic E-state index is -0.235. The van der Waals surface area contributed by atoms with Crippen molar-refractivity contribution in [2.75, 3.05) is 7.11 Å². The average molecular weight is 160 g/mol. The highest BCUT2D eigenvalue weighted by atomic mass is 16.5. The summed E-state index contributed by atoms with van der Waals surface area (Å²) in [6.07, 6.45) is 0.836. The lowest BCUT2D eigenvalue weighted by molar-refractivity contribution is -0.146. The molecule has 0 amide bonds. The fourth-order valence-electron chi connectivity index (χ4n) is 0.895. The molecule has 3 nitrogen and oxygen atoms in total. The molecular formula is C8H16O3. The summed E-state index contributed by atoms with van der Waals surface area (Å²) in [4.78, 5) is 10.5. The molecule has 0 aliphatic heterocycles. The normalized spacial score (nSPS) is 15.6. The predicted molar refractivity (Wildman–Crippen MR) is 42.3 cm³/mol. The van der Waals surface area contributed by atoms with Gasteiger partial charge in [0.1, 0.15) is 6.10 Å². The van der Waals surface area contributed by atoms with Crippen molar-refractivity contribution in [3.05, 3.63) is 0 Å². The van der Waals surface area contributed by atoms with E-state index in [2.05, 4.69) is 0 Å². The number of rotatable bonds is 4. The zero-order chi connectivity index (χ0) is 8.85. The Morgan fingerprint density at radius 3 is 2.27 bits per heavy atom. The SMILES string of the molecule is CO[C@@H](C)C[C@H](C)OC(C)=O. The quantitative estimate of drug-likeness (QED) is 0.582. The van der Waals surface area contributed by atoms with Crippen LogP contribution in [-0.2, 0) is 14.3 Å². The molecule has 0 saturated carbocycles. The third-order valence-corrected chi connectivity index (χ3v) is 1.43. The number of methoxy groups -OCH3 is 1. The van der Waals surface area contributed by atoms with Crippen LogP contribution in [0.5, 0.6) is 0 Å². The van der Waals surface area contributed by atoms with E-state index in [1.54, 1.807) is 7.11 Å². The smallest absolute Gasteiger partial charge is 0.302 e. The Labute approximate surface area is 67.7 Å². The van der Waals surface area contributed by atoms with Crippen molar-refractivity contribution in [2.24, 2.45) is 0 Å². The number of ether oxygens (including phenoxy) is 2. The Bertz CT molecular complexity index is 123. The van der Waals surface area contributed by atoms with Crippen molar-refractivity contribution >= 4 is 5.97 Å². The molecule has 0 aromatic carbocycles. The van der Waals surface area contributed by atoms with E-state index in [9.17, 15) is 4.79 Å². The molecule has 0 radical (unpaired) electrons. The van der Waals surface area contributed by atoms with Gasteiger partial charge in [-0.05, 0) is 13.8 Å². The second-order valence-electron chi connectivity index (χ2n) is 2.70. The molecule has 0 bridgehead atoms. The van der Waals surface area contributed by atoms with Crippen molar-refractivity contribution in [1.82, 2.24) is 0 Å². The van der Waals surface area contributed by atoms with Crippen molar-refractivity contribution < 1.29 is 14.3 Å². The lowest BCUT2D eigenvalue weighted by atomic mass is 10.2. The van der Waals surface area contributed by atoms with Gasteiger partial charge < -0.3 is 9.47 Å². The predicted octanol–water partition coefficient (Wildman–Crippen LogP) is 1.36. The zero-order valence-electron chi connectivity index (χ0n) is 7.59. The Morgan fingerprint density at radius 2 is 1.91 bits per heavy atom. The van der Waals surface area contributed by atoms with Gasteiger partial charge in [0, 0.05) is 20.5 Å². The standard InChI is InChI=1S/C8H16O3/c1-6(10-4)5-7(2)11-8(3)9/h6-7H,5H2,1-4H3/t6-,7-/m0/s1. The fraction of sp³-hybridized carbons (Fsp3) is 0.875. The van der Waals surface area contributed by atoms with Crippen molar-refractivity contribution in [2.45, 2.75) is 39.4 Å². The van der Waals surface area contributed by atoms with Gasteiger partial charge >= 0.3 is 5.97 Å². The van der Waals surface area contributed by atoms with E-state index in [0.717, 1.165) is 6.42 Å². The first-order valence-electron chi connectivity index (χ1n) is 3.76. The fourth-order valence-corrected chi connectivity index (χ4v) is 0.895. The van der Waals surface area contributed by atoms with Gasteiger partial charge in [0.15, 0.2) is 0 Å². The molecule has 2 atom stereocenters. The highest BCUT2D eigenvalue weighted by Crippen LogP contribution is 2.04. The first kappa shape index (κ1) is 10.4. The summed E-state index contributed by atoms with van der Waals surface area (Å²) in [6, 6.07) is 0. The molecule has 66 valence electrons. The van der Waals surface area contributed by atoms with Crippen LogP contribution in [0.15, 0.2) is 0 Å². The molecule has 0 N–H and O–H groups in total. The molecule has 0 unspecified atom stereocenters. The van der Waals surface area contributed by atoms with E-state index >= 15 is 0 Å². The lowest BCUT2D eigenvalue weighted by Crippen LogP contribution is -2.19. The van der Waals surface area contributed by atoms with Crippen LogP contribution in [-0.4, -0.2) is 25.3 Å². The first-order chi connectivity index (χ1) is 5.06. The first-order valence-corrected chi connectivity index (χ1v) is 3.76. The highest BCUT2D eigenvalue weighted by Gasteiger charge is 2.09. The molecule has 0 heterocycles. The second kappa shape index (κ2) is 5.13. The molecule has 11 heavy (non-hydrogen) atoms. The Kier molecular flexibility index (Phi) is 4.86. The van der Waals surface area contributed by atoms with Gasteiger partial charge in [0.05, 0.1) is 6.10 Å². The summed E-state index contributed by atoms with van der Waals surface area (Å²) in [7, 11) is 1.64. The third kappa shape index (κ3) is 5.85. The monoisotopic (exact) mass is 160 g/mol. The van der Waals surface area contributed by atoms with E-state index in [4.69, 9.17) is 9.47 Å². The molecule has 0 fully saturated rings. The van der Waals surface area contributed by atoms with E-state index in [0.29, 0.717) is 0 Å². The Balaban J connectivity index is 3.51. The van der Waals surface area contributed by atoms with Gasteiger partial charge in [-0.2, -0.15) is 0 Å². The van der Waals surface area contributed by atoms with Crippen LogP contribution < -0.4 is 0 Å². The molecular weight excluding hydrogens is 144 g/mol. The number of hydrogen-bond donors (Lipinski definition) is 0. The van der Waals surface area contributed by atoms with E-state index in [1.807, 2.05) is 13.8 Å². The van der Waals surface area contributed by atoms with E-state index in [-0.39, 0.29) is 18.2 Å². The zero-order valence-corrected chi connectivity index (χ0v) is 7.59. The van der Waals surface area contributed by atoms with Gasteiger partial charge in [-0.25, -0.2) is 0 Å². The highest BCUT2D eigenvalue weighted by molar-refractivity contribution is 5.66. The second-order valence-corrected chi connectivity index (χ2v) is 2.70. The molecule has 0 aromatic rings. The Hall–Kier alpha value is -0.570. The summed E-state index contributed by atoms with van der Waals surface area (Å²) in [5, 5.41) is 0. The van der Waals surface area contributed by atoms with Gasteiger partial charge in [-0.3, -0.25) is 4.79 Å². The van der Waals surface area contributed by atoms with Gasteiger partial charge in [0.2, 0.25) is 0 Å². The van der Waals surface area contributed by atoms with Crippen LogP contribution in [0, 0.1) is 0 Å². The third-order valence-electron chi connectivity index (χ3n) is 1.43. The summed E-state index contributed by atoms with van der Waals surface area (Å²) in [5.74, 6) is -0.235. The maximum atomic E-state index is 10.5. The summed E-state index contributed by atoms with van der Waals surface area (Å²) in [5.41, 5.74) is 0. The summed E-state index contributed by atoms with van der Waals surface area (Å²) in [6.45, 7) is 5.21. The van der Waals surface area contributed by atoms with Gasteiger partial charge in [-0.15, -0.1) is 0 Å². The lowest BCUT2D eigenvalue weighted by Gasteiger charge is -2.15. The molecule has 0 rings (SSSR count). The minimum absolute atomic E-state index is 0.0533. The van der Waals surface area contributed by atoms with Crippen molar-refractivity contribution in [3.8, 4) is 0 Å². The van der Waals surface area contributed by atoms with Crippen LogP contribution in [0.25, 0.3) is 0 Å². The number of carbonyl (C=O) groups is 1. The van der Waals surface area contributed by atoms with E-state index < -0.39 is 0 Å². The van der Waals surface area contributed by atoms with Crippen LogP contribution in [0.1, 0.15) is 27.2 Å². The maximum Gasteiger partial charge on any atom is 0.302 e. The minimum Gasteiger partial charge on any atom is -0.463 e. The molecule has 0 aliphatic carbocycles. The van der Waals surface area contributed by atoms with E-state index in [1.165, 1.54) is 6.92 Å². The molecule has 3 heteroatoms. The molecule has 0 aromatic heterocycles. The van der Waals surface area contributed by atoms with Crippen molar-refractivity contribution in [3.63, 3.8) is 0 Å². The average Bonchev–Trinajstić information content (AvgIpc) is 1.85. The number of esters is 1. The van der Waals surface area contributed by atoms with Crippen LogP contribution in [0.3, 0.4) is 0 Å². The van der Waals surface area contributed by atoms with Crippen LogP contribution >= 0.6 is 0 Å². The molecule has 0 spiro atoms. The van der Waals surface area contributed by atoms with Crippen LogP contribution in [0.4, 0.5) is 0 Å². The Morgan fingerprint density at radius 1 is 1.36 bits per heavy atom. The van der Waals surface area contributed by atoms with Gasteiger partial charge in [-0.1, -0.05) is 0 Å². The summed E-state index contributed by atoms with van der Waals surface area (Å²) >= 11 is 0. The van der Waals surface area contributed by atoms with Crippen molar-refractivity contribution in [1.29, 1.82) is 0 Å². The molecule has 0 aliphatic rings. The van der Waals surface area contributed by atoms with Crippen LogP contribution in [0.2, 0.25) is 0 Å².